The molecule has 0 spiro atoms. The van der Waals surface area contributed by atoms with E-state index in [1.807, 2.05) is 24.3 Å². The van der Waals surface area contributed by atoms with Crippen molar-refractivity contribution in [3.05, 3.63) is 29.1 Å². The molecule has 9 heteroatoms. The first kappa shape index (κ1) is 19.6. The van der Waals surface area contributed by atoms with Crippen molar-refractivity contribution in [3.8, 4) is 0 Å². The first-order valence-corrected chi connectivity index (χ1v) is 12.6. The molecule has 1 aromatic carbocycles. The number of carbonyl (C=O) groups excluding carboxylic acids is 1. The van der Waals surface area contributed by atoms with Crippen LogP contribution in [0.15, 0.2) is 29.3 Å². The summed E-state index contributed by atoms with van der Waals surface area (Å²) in [6, 6.07) is 8.04. The van der Waals surface area contributed by atoms with Crippen molar-refractivity contribution >= 4 is 49.2 Å². The van der Waals surface area contributed by atoms with Crippen LogP contribution in [0.25, 0.3) is 10.2 Å². The number of sulfonamides is 1. The average molecular weight is 414 g/mol. The third kappa shape index (κ3) is 4.39. The summed E-state index contributed by atoms with van der Waals surface area (Å²) in [6.45, 7) is 1.51. The van der Waals surface area contributed by atoms with Crippen molar-refractivity contribution < 1.29 is 13.2 Å². The molecule has 0 saturated carbocycles. The number of thioether (sulfide) groups is 1. The molecule has 1 amide bonds. The smallest absolute Gasteiger partial charge is 0.252 e. The van der Waals surface area contributed by atoms with Gasteiger partial charge in [-0.1, -0.05) is 23.5 Å². The molecule has 0 bridgehead atoms. The third-order valence-electron chi connectivity index (χ3n) is 4.52. The van der Waals surface area contributed by atoms with Crippen LogP contribution in [0.4, 0.5) is 0 Å². The Kier molecular flexibility index (Phi) is 6.21. The summed E-state index contributed by atoms with van der Waals surface area (Å²) in [7, 11) is -3.27. The molecule has 26 heavy (non-hydrogen) atoms. The van der Waals surface area contributed by atoms with E-state index in [0.29, 0.717) is 24.2 Å². The lowest BCUT2D eigenvalue weighted by Gasteiger charge is -2.28. The highest BCUT2D eigenvalue weighted by Crippen LogP contribution is 2.21. The van der Waals surface area contributed by atoms with Gasteiger partial charge < -0.3 is 4.57 Å². The quantitative estimate of drug-likeness (QED) is 0.753. The SMILES string of the molecule is CSCCn1c(=NC(=O)C2CCCN(S(C)(=O)=O)C2)sc2ccccc21. The fourth-order valence-electron chi connectivity index (χ4n) is 3.14. The van der Waals surface area contributed by atoms with Gasteiger partial charge in [0.25, 0.3) is 5.91 Å². The Morgan fingerprint density at radius 1 is 1.38 bits per heavy atom. The monoisotopic (exact) mass is 413 g/mol. The normalized spacial score (nSPS) is 19.9. The van der Waals surface area contributed by atoms with Crippen LogP contribution in [0.2, 0.25) is 0 Å². The fraction of sp³-hybridized carbons (Fsp3) is 0.529. The molecular formula is C17H23N3O3S3. The molecule has 3 rings (SSSR count). The van der Waals surface area contributed by atoms with Gasteiger partial charge in [-0.3, -0.25) is 4.79 Å². The van der Waals surface area contributed by atoms with Crippen LogP contribution in [0.3, 0.4) is 0 Å². The molecule has 1 aliphatic rings. The number of fused-ring (bicyclic) bond motifs is 1. The zero-order valence-corrected chi connectivity index (χ0v) is 17.4. The maximum absolute atomic E-state index is 12.7. The second-order valence-electron chi connectivity index (χ2n) is 6.41. The summed E-state index contributed by atoms with van der Waals surface area (Å²) in [5.41, 5.74) is 1.08. The molecule has 0 radical (unpaired) electrons. The summed E-state index contributed by atoms with van der Waals surface area (Å²) in [5.74, 6) is 0.355. The predicted octanol–water partition coefficient (Wildman–Crippen LogP) is 2.16. The second kappa shape index (κ2) is 8.24. The predicted molar refractivity (Wildman–Crippen MR) is 108 cm³/mol. The number of nitrogens with zero attached hydrogens (tertiary/aromatic N) is 3. The Bertz CT molecular complexity index is 962. The zero-order chi connectivity index (χ0) is 18.7. The number of carbonyl (C=O) groups is 1. The van der Waals surface area contributed by atoms with Crippen LogP contribution in [0.5, 0.6) is 0 Å². The number of aromatic nitrogens is 1. The van der Waals surface area contributed by atoms with Crippen molar-refractivity contribution in [1.29, 1.82) is 0 Å². The van der Waals surface area contributed by atoms with Crippen molar-refractivity contribution in [2.24, 2.45) is 10.9 Å². The number of hydrogen-bond acceptors (Lipinski definition) is 5. The van der Waals surface area contributed by atoms with E-state index in [1.165, 1.54) is 21.9 Å². The van der Waals surface area contributed by atoms with Gasteiger partial charge in [0.1, 0.15) is 0 Å². The number of amides is 1. The molecule has 2 aromatic rings. The number of rotatable bonds is 5. The topological polar surface area (TPSA) is 71.7 Å². The molecule has 1 fully saturated rings. The molecule has 0 N–H and O–H groups in total. The average Bonchev–Trinajstić information content (AvgIpc) is 2.96. The standard InChI is InChI=1S/C17H23N3O3S3/c1-24-11-10-20-14-7-3-4-8-15(14)25-17(20)18-16(21)13-6-5-9-19(12-13)26(2,22)23/h3-4,7-8,13H,5-6,9-12H2,1-2H3. The van der Waals surface area contributed by atoms with Gasteiger partial charge >= 0.3 is 0 Å². The minimum atomic E-state index is -3.27. The highest BCUT2D eigenvalue weighted by atomic mass is 32.2. The van der Waals surface area contributed by atoms with Gasteiger partial charge in [0.05, 0.1) is 22.4 Å². The van der Waals surface area contributed by atoms with Gasteiger partial charge in [-0.2, -0.15) is 16.8 Å². The van der Waals surface area contributed by atoms with Crippen molar-refractivity contribution in [2.75, 3.05) is 31.4 Å². The molecule has 1 saturated heterocycles. The second-order valence-corrected chi connectivity index (χ2v) is 10.4. The van der Waals surface area contributed by atoms with Crippen LogP contribution in [0, 0.1) is 5.92 Å². The van der Waals surface area contributed by atoms with Crippen LogP contribution in [0.1, 0.15) is 12.8 Å². The lowest BCUT2D eigenvalue weighted by Crippen LogP contribution is -2.41. The molecule has 1 unspecified atom stereocenters. The number of benzene rings is 1. The van der Waals surface area contributed by atoms with E-state index in [4.69, 9.17) is 0 Å². The Hall–Kier alpha value is -1.16. The summed E-state index contributed by atoms with van der Waals surface area (Å²) < 4.78 is 28.1. The largest absolute Gasteiger partial charge is 0.316 e. The van der Waals surface area contributed by atoms with E-state index >= 15 is 0 Å². The van der Waals surface area contributed by atoms with Crippen LogP contribution in [-0.4, -0.2) is 54.6 Å². The summed E-state index contributed by atoms with van der Waals surface area (Å²) in [4.78, 5) is 17.8. The van der Waals surface area contributed by atoms with Crippen LogP contribution in [-0.2, 0) is 21.4 Å². The van der Waals surface area contributed by atoms with Crippen LogP contribution >= 0.6 is 23.1 Å². The van der Waals surface area contributed by atoms with E-state index in [1.54, 1.807) is 11.8 Å². The lowest BCUT2D eigenvalue weighted by molar-refractivity contribution is -0.122. The molecule has 2 heterocycles. The highest BCUT2D eigenvalue weighted by molar-refractivity contribution is 7.98. The molecule has 1 aliphatic heterocycles. The first-order valence-electron chi connectivity index (χ1n) is 8.51. The van der Waals surface area contributed by atoms with Gasteiger partial charge in [0, 0.05) is 25.4 Å². The van der Waals surface area contributed by atoms with E-state index in [9.17, 15) is 13.2 Å². The Morgan fingerprint density at radius 3 is 2.88 bits per heavy atom. The van der Waals surface area contributed by atoms with Crippen molar-refractivity contribution in [3.63, 3.8) is 0 Å². The summed E-state index contributed by atoms with van der Waals surface area (Å²) in [6.07, 6.45) is 4.63. The lowest BCUT2D eigenvalue weighted by atomic mass is 9.99. The van der Waals surface area contributed by atoms with E-state index < -0.39 is 10.0 Å². The highest BCUT2D eigenvalue weighted by Gasteiger charge is 2.30. The molecule has 1 aromatic heterocycles. The van der Waals surface area contributed by atoms with Gasteiger partial charge in [-0.15, -0.1) is 0 Å². The van der Waals surface area contributed by atoms with Crippen molar-refractivity contribution in [1.82, 2.24) is 8.87 Å². The maximum atomic E-state index is 12.7. The first-order chi connectivity index (χ1) is 12.4. The number of piperidine rings is 1. The number of hydrogen-bond donors (Lipinski definition) is 0. The zero-order valence-electron chi connectivity index (χ0n) is 14.9. The van der Waals surface area contributed by atoms with Gasteiger partial charge in [0.15, 0.2) is 4.80 Å². The Balaban J connectivity index is 1.92. The van der Waals surface area contributed by atoms with E-state index in [2.05, 4.69) is 15.8 Å². The maximum Gasteiger partial charge on any atom is 0.252 e. The van der Waals surface area contributed by atoms with Gasteiger partial charge in [-0.25, -0.2) is 12.7 Å². The van der Waals surface area contributed by atoms with Crippen LogP contribution < -0.4 is 4.80 Å². The summed E-state index contributed by atoms with van der Waals surface area (Å²) >= 11 is 3.26. The number of aryl methyl sites for hydroxylation is 1. The van der Waals surface area contributed by atoms with Crippen molar-refractivity contribution in [2.45, 2.75) is 19.4 Å². The van der Waals surface area contributed by atoms with E-state index in [-0.39, 0.29) is 18.4 Å². The number of para-hydroxylation sites is 1. The molecule has 6 nitrogen and oxygen atoms in total. The third-order valence-corrected chi connectivity index (χ3v) is 7.44. The molecule has 1 atom stereocenters. The molecular weight excluding hydrogens is 390 g/mol. The minimum Gasteiger partial charge on any atom is -0.316 e. The Morgan fingerprint density at radius 2 is 2.15 bits per heavy atom. The van der Waals surface area contributed by atoms with Gasteiger partial charge in [0.2, 0.25) is 10.0 Å². The fourth-order valence-corrected chi connectivity index (χ4v) is 5.47. The molecule has 0 aliphatic carbocycles. The molecule has 142 valence electrons. The Labute approximate surface area is 162 Å². The minimum absolute atomic E-state index is 0.220. The van der Waals surface area contributed by atoms with E-state index in [0.717, 1.165) is 22.5 Å². The number of thiazole rings is 1. The summed E-state index contributed by atoms with van der Waals surface area (Å²) in [5, 5.41) is 0. The van der Waals surface area contributed by atoms with Gasteiger partial charge in [-0.05, 0) is 31.2 Å².